The summed E-state index contributed by atoms with van der Waals surface area (Å²) in [5, 5.41) is 10.4. The molecule has 0 spiro atoms. The predicted molar refractivity (Wildman–Crippen MR) is 83.0 cm³/mol. The van der Waals surface area contributed by atoms with Gasteiger partial charge in [-0.3, -0.25) is 4.79 Å². The van der Waals surface area contributed by atoms with Crippen LogP contribution in [0.2, 0.25) is 0 Å². The second-order valence-corrected chi connectivity index (χ2v) is 5.39. The lowest BCUT2D eigenvalue weighted by atomic mass is 10.0. The van der Waals surface area contributed by atoms with Gasteiger partial charge in [0, 0.05) is 13.1 Å². The first kappa shape index (κ1) is 14.8. The Labute approximate surface area is 130 Å². The number of aliphatic hydroxyl groups is 1. The molecule has 1 fully saturated rings. The Kier molecular flexibility index (Phi) is 4.51. The van der Waals surface area contributed by atoms with Crippen LogP contribution in [0.15, 0.2) is 60.7 Å². The van der Waals surface area contributed by atoms with E-state index in [9.17, 15) is 9.90 Å². The highest BCUT2D eigenvalue weighted by molar-refractivity contribution is 5.82. The number of carbonyl (C=O) groups is 1. The number of hydrogen-bond donors (Lipinski definition) is 1. The molecule has 0 aromatic heterocycles. The molecular formula is C18H19NO3. The zero-order chi connectivity index (χ0) is 15.4. The van der Waals surface area contributed by atoms with Crippen molar-refractivity contribution in [2.45, 2.75) is 18.8 Å². The van der Waals surface area contributed by atoms with Gasteiger partial charge < -0.3 is 14.7 Å². The van der Waals surface area contributed by atoms with Crippen molar-refractivity contribution in [1.82, 2.24) is 4.90 Å². The average molecular weight is 297 g/mol. The largest absolute Gasteiger partial charge is 0.385 e. The molecule has 3 rings (SSSR count). The van der Waals surface area contributed by atoms with Crippen molar-refractivity contribution in [3.8, 4) is 0 Å². The minimum absolute atomic E-state index is 0.161. The highest BCUT2D eigenvalue weighted by Crippen LogP contribution is 2.24. The summed E-state index contributed by atoms with van der Waals surface area (Å²) in [5.74, 6) is -0.161. The number of hydrogen-bond acceptors (Lipinski definition) is 3. The van der Waals surface area contributed by atoms with Gasteiger partial charge in [-0.15, -0.1) is 0 Å². The summed E-state index contributed by atoms with van der Waals surface area (Å²) in [7, 11) is 0. The quantitative estimate of drug-likeness (QED) is 0.940. The number of aliphatic hydroxyl groups excluding tert-OH is 1. The molecular weight excluding hydrogens is 278 g/mol. The van der Waals surface area contributed by atoms with Crippen molar-refractivity contribution in [3.63, 3.8) is 0 Å². The van der Waals surface area contributed by atoms with Gasteiger partial charge in [0.2, 0.25) is 0 Å². The molecule has 1 saturated heterocycles. The maximum absolute atomic E-state index is 12.6. The molecule has 0 radical (unpaired) electrons. The van der Waals surface area contributed by atoms with E-state index < -0.39 is 12.2 Å². The van der Waals surface area contributed by atoms with Crippen LogP contribution < -0.4 is 0 Å². The fourth-order valence-corrected chi connectivity index (χ4v) is 2.66. The number of benzene rings is 2. The average Bonchev–Trinajstić information content (AvgIpc) is 2.58. The van der Waals surface area contributed by atoms with Crippen molar-refractivity contribution >= 4 is 5.91 Å². The second-order valence-electron chi connectivity index (χ2n) is 5.39. The van der Waals surface area contributed by atoms with Crippen LogP contribution in [0.4, 0.5) is 0 Å². The highest BCUT2D eigenvalue weighted by Gasteiger charge is 2.35. The first-order valence-corrected chi connectivity index (χ1v) is 7.43. The molecule has 1 unspecified atom stereocenters. The van der Waals surface area contributed by atoms with Gasteiger partial charge in [-0.05, 0) is 11.1 Å². The predicted octanol–water partition coefficient (Wildman–Crippen LogP) is 2.15. The van der Waals surface area contributed by atoms with E-state index in [0.717, 1.165) is 5.56 Å². The lowest BCUT2D eigenvalue weighted by molar-refractivity contribution is -0.164. The van der Waals surface area contributed by atoms with Crippen molar-refractivity contribution in [1.29, 1.82) is 0 Å². The van der Waals surface area contributed by atoms with Gasteiger partial charge >= 0.3 is 0 Å². The van der Waals surface area contributed by atoms with Crippen molar-refractivity contribution < 1.29 is 14.6 Å². The zero-order valence-electron chi connectivity index (χ0n) is 12.3. The SMILES string of the molecule is O=C1C([C@H](O)c2ccccc2)OCCN1Cc1ccccc1. The van der Waals surface area contributed by atoms with Crippen molar-refractivity contribution in [3.05, 3.63) is 71.8 Å². The third-order valence-corrected chi connectivity index (χ3v) is 3.86. The molecule has 0 saturated carbocycles. The van der Waals surface area contributed by atoms with E-state index in [0.29, 0.717) is 25.3 Å². The Hall–Kier alpha value is -2.17. The third-order valence-electron chi connectivity index (χ3n) is 3.86. The van der Waals surface area contributed by atoms with Crippen molar-refractivity contribution in [2.24, 2.45) is 0 Å². The summed E-state index contributed by atoms with van der Waals surface area (Å²) in [6, 6.07) is 19.0. The van der Waals surface area contributed by atoms with Crippen LogP contribution in [0.25, 0.3) is 0 Å². The molecule has 2 atom stereocenters. The fraction of sp³-hybridized carbons (Fsp3) is 0.278. The first-order chi connectivity index (χ1) is 10.8. The maximum Gasteiger partial charge on any atom is 0.255 e. The lowest BCUT2D eigenvalue weighted by Crippen LogP contribution is -2.49. The molecule has 0 bridgehead atoms. The summed E-state index contributed by atoms with van der Waals surface area (Å²) in [6.07, 6.45) is -1.77. The van der Waals surface area contributed by atoms with Crippen molar-refractivity contribution in [2.75, 3.05) is 13.2 Å². The van der Waals surface area contributed by atoms with Crippen LogP contribution in [0.3, 0.4) is 0 Å². The number of amides is 1. The first-order valence-electron chi connectivity index (χ1n) is 7.43. The van der Waals surface area contributed by atoms with Gasteiger partial charge in [0.1, 0.15) is 6.10 Å². The summed E-state index contributed by atoms with van der Waals surface area (Å²) < 4.78 is 5.53. The summed E-state index contributed by atoms with van der Waals surface area (Å²) in [4.78, 5) is 14.3. The monoisotopic (exact) mass is 297 g/mol. The van der Waals surface area contributed by atoms with Gasteiger partial charge in [0.15, 0.2) is 6.10 Å². The summed E-state index contributed by atoms with van der Waals surface area (Å²) >= 11 is 0. The number of ether oxygens (including phenoxy) is 1. The zero-order valence-corrected chi connectivity index (χ0v) is 12.3. The number of rotatable bonds is 4. The molecule has 22 heavy (non-hydrogen) atoms. The Morgan fingerprint density at radius 3 is 2.41 bits per heavy atom. The molecule has 0 aliphatic carbocycles. The Morgan fingerprint density at radius 2 is 1.73 bits per heavy atom. The number of carbonyl (C=O) groups excluding carboxylic acids is 1. The van der Waals surface area contributed by atoms with Crippen LogP contribution >= 0.6 is 0 Å². The molecule has 2 aromatic rings. The topological polar surface area (TPSA) is 49.8 Å². The second kappa shape index (κ2) is 6.73. The number of morpholine rings is 1. The Balaban J connectivity index is 1.72. The van der Waals surface area contributed by atoms with E-state index >= 15 is 0 Å². The minimum Gasteiger partial charge on any atom is -0.385 e. The highest BCUT2D eigenvalue weighted by atomic mass is 16.5. The Morgan fingerprint density at radius 1 is 1.09 bits per heavy atom. The van der Waals surface area contributed by atoms with E-state index in [1.807, 2.05) is 48.5 Å². The van der Waals surface area contributed by atoms with Crippen LogP contribution in [-0.4, -0.2) is 35.2 Å². The molecule has 1 aliphatic heterocycles. The van der Waals surface area contributed by atoms with E-state index in [1.54, 1.807) is 17.0 Å². The number of nitrogens with zero attached hydrogens (tertiary/aromatic N) is 1. The van der Waals surface area contributed by atoms with Gasteiger partial charge in [-0.25, -0.2) is 0 Å². The Bertz CT molecular complexity index is 615. The van der Waals surface area contributed by atoms with Crippen LogP contribution in [0.1, 0.15) is 17.2 Å². The molecule has 1 amide bonds. The minimum atomic E-state index is -0.938. The molecule has 4 heteroatoms. The third kappa shape index (κ3) is 3.18. The molecule has 114 valence electrons. The standard InChI is InChI=1S/C18H19NO3/c20-16(15-9-5-2-6-10-15)17-18(21)19(11-12-22-17)13-14-7-3-1-4-8-14/h1-10,16-17,20H,11-13H2/t16-,17?/m1/s1. The molecule has 1 N–H and O–H groups in total. The van der Waals surface area contributed by atoms with Crippen LogP contribution in [0, 0.1) is 0 Å². The normalized spacial score (nSPS) is 20.0. The van der Waals surface area contributed by atoms with E-state index in [-0.39, 0.29) is 5.91 Å². The van der Waals surface area contributed by atoms with Crippen LogP contribution in [-0.2, 0) is 16.1 Å². The fourth-order valence-electron chi connectivity index (χ4n) is 2.66. The maximum atomic E-state index is 12.6. The summed E-state index contributed by atoms with van der Waals surface area (Å²) in [5.41, 5.74) is 1.77. The molecule has 2 aromatic carbocycles. The van der Waals surface area contributed by atoms with E-state index in [1.165, 1.54) is 0 Å². The molecule has 1 aliphatic rings. The van der Waals surface area contributed by atoms with E-state index in [2.05, 4.69) is 0 Å². The molecule has 4 nitrogen and oxygen atoms in total. The lowest BCUT2D eigenvalue weighted by Gasteiger charge is -2.34. The van der Waals surface area contributed by atoms with Gasteiger partial charge in [-0.2, -0.15) is 0 Å². The van der Waals surface area contributed by atoms with E-state index in [4.69, 9.17) is 4.74 Å². The van der Waals surface area contributed by atoms with Gasteiger partial charge in [0.05, 0.1) is 6.61 Å². The smallest absolute Gasteiger partial charge is 0.255 e. The molecule has 1 heterocycles. The van der Waals surface area contributed by atoms with Crippen LogP contribution in [0.5, 0.6) is 0 Å². The van der Waals surface area contributed by atoms with Gasteiger partial charge in [0.25, 0.3) is 5.91 Å². The summed E-state index contributed by atoms with van der Waals surface area (Å²) in [6.45, 7) is 1.53. The van der Waals surface area contributed by atoms with Gasteiger partial charge in [-0.1, -0.05) is 60.7 Å².